The largest absolute Gasteiger partial charge is 0.382 e. The summed E-state index contributed by atoms with van der Waals surface area (Å²) in [6, 6.07) is 13.8. The molecule has 0 saturated carbocycles. The van der Waals surface area contributed by atoms with Crippen LogP contribution in [0, 0.1) is 0 Å². The van der Waals surface area contributed by atoms with Crippen LogP contribution in [0.2, 0.25) is 5.02 Å². The Bertz CT molecular complexity index is 1170. The SMILES string of the molecule is Nc1nc(N)c(-c2nc(-c3cccc(NC(=O)c4cccc(Cl)c4)c3)no2)s1. The summed E-state index contributed by atoms with van der Waals surface area (Å²) >= 11 is 7.10. The zero-order valence-electron chi connectivity index (χ0n) is 14.2. The summed E-state index contributed by atoms with van der Waals surface area (Å²) in [5.74, 6) is 0.539. The fourth-order valence-electron chi connectivity index (χ4n) is 2.50. The van der Waals surface area contributed by atoms with Crippen LogP contribution in [0.4, 0.5) is 16.6 Å². The number of halogens is 1. The molecule has 0 radical (unpaired) electrons. The molecule has 10 heteroatoms. The molecule has 0 fully saturated rings. The maximum atomic E-state index is 12.4. The van der Waals surface area contributed by atoms with Crippen molar-refractivity contribution in [2.75, 3.05) is 16.8 Å². The van der Waals surface area contributed by atoms with Gasteiger partial charge in [-0.25, -0.2) is 4.98 Å². The van der Waals surface area contributed by atoms with Crippen LogP contribution in [-0.2, 0) is 0 Å². The van der Waals surface area contributed by atoms with E-state index in [1.807, 2.05) is 0 Å². The highest BCUT2D eigenvalue weighted by atomic mass is 35.5. The highest BCUT2D eigenvalue weighted by Gasteiger charge is 2.17. The quantitative estimate of drug-likeness (QED) is 0.462. The van der Waals surface area contributed by atoms with Gasteiger partial charge in [0.05, 0.1) is 0 Å². The third-order valence-corrected chi connectivity index (χ3v) is 4.88. The number of benzene rings is 2. The maximum Gasteiger partial charge on any atom is 0.272 e. The Morgan fingerprint density at radius 2 is 1.93 bits per heavy atom. The Balaban J connectivity index is 1.57. The molecular weight excluding hydrogens is 400 g/mol. The van der Waals surface area contributed by atoms with Crippen LogP contribution < -0.4 is 16.8 Å². The lowest BCUT2D eigenvalue weighted by Gasteiger charge is -2.06. The molecule has 140 valence electrons. The van der Waals surface area contributed by atoms with Crippen molar-refractivity contribution in [3.8, 4) is 22.2 Å². The van der Waals surface area contributed by atoms with Gasteiger partial charge in [-0.15, -0.1) is 0 Å². The van der Waals surface area contributed by atoms with Gasteiger partial charge in [0, 0.05) is 21.8 Å². The minimum absolute atomic E-state index is 0.232. The van der Waals surface area contributed by atoms with E-state index in [1.165, 1.54) is 0 Å². The molecular formula is C18H13ClN6O2S. The normalized spacial score (nSPS) is 10.8. The Kier molecular flexibility index (Phi) is 4.68. The maximum absolute atomic E-state index is 12.4. The molecule has 4 aromatic rings. The van der Waals surface area contributed by atoms with Gasteiger partial charge >= 0.3 is 0 Å². The monoisotopic (exact) mass is 412 g/mol. The van der Waals surface area contributed by atoms with Gasteiger partial charge in [0.25, 0.3) is 11.8 Å². The Hall–Kier alpha value is -3.43. The fourth-order valence-corrected chi connectivity index (χ4v) is 3.37. The average Bonchev–Trinajstić information content (AvgIpc) is 3.28. The molecule has 28 heavy (non-hydrogen) atoms. The van der Waals surface area contributed by atoms with E-state index in [9.17, 15) is 4.79 Å². The summed E-state index contributed by atoms with van der Waals surface area (Å²) in [4.78, 5) is 21.2. The Labute approximate surface area is 168 Å². The van der Waals surface area contributed by atoms with Gasteiger partial charge in [-0.05, 0) is 30.3 Å². The second-order valence-corrected chi connectivity index (χ2v) is 7.20. The topological polar surface area (TPSA) is 133 Å². The Morgan fingerprint density at radius 1 is 1.11 bits per heavy atom. The molecule has 0 atom stereocenters. The Morgan fingerprint density at radius 3 is 2.68 bits per heavy atom. The second-order valence-electron chi connectivity index (χ2n) is 5.73. The van der Waals surface area contributed by atoms with Crippen LogP contribution in [0.15, 0.2) is 53.1 Å². The molecule has 2 aromatic carbocycles. The van der Waals surface area contributed by atoms with Crippen molar-refractivity contribution >= 4 is 45.5 Å². The van der Waals surface area contributed by atoms with E-state index in [4.69, 9.17) is 27.6 Å². The van der Waals surface area contributed by atoms with E-state index >= 15 is 0 Å². The van der Waals surface area contributed by atoms with Crippen molar-refractivity contribution in [2.45, 2.75) is 0 Å². The van der Waals surface area contributed by atoms with Gasteiger partial charge in [0.15, 0.2) is 5.13 Å². The van der Waals surface area contributed by atoms with Crippen molar-refractivity contribution in [3.63, 3.8) is 0 Å². The van der Waals surface area contributed by atoms with E-state index in [2.05, 4.69) is 20.4 Å². The summed E-state index contributed by atoms with van der Waals surface area (Å²) in [6.45, 7) is 0. The number of nitrogens with two attached hydrogens (primary N) is 2. The van der Waals surface area contributed by atoms with Crippen LogP contribution in [0.25, 0.3) is 22.2 Å². The molecule has 0 aliphatic rings. The summed E-state index contributed by atoms with van der Waals surface area (Å²) < 4.78 is 5.27. The standard InChI is InChI=1S/C18H13ClN6O2S/c19-11-5-1-4-10(7-11)16(26)22-12-6-2-3-9(8-12)15-24-17(27-25-15)13-14(20)23-18(21)28-13/h1-8H,20H2,(H2,21,23)(H,22,26). The van der Waals surface area contributed by atoms with Crippen molar-refractivity contribution in [2.24, 2.45) is 0 Å². The van der Waals surface area contributed by atoms with Crippen LogP contribution in [-0.4, -0.2) is 21.0 Å². The van der Waals surface area contributed by atoms with Gasteiger partial charge in [0.2, 0.25) is 5.82 Å². The number of rotatable bonds is 4. The number of aromatic nitrogens is 3. The van der Waals surface area contributed by atoms with E-state index in [-0.39, 0.29) is 17.6 Å². The molecule has 0 aliphatic heterocycles. The highest BCUT2D eigenvalue weighted by Crippen LogP contribution is 2.33. The summed E-state index contributed by atoms with van der Waals surface area (Å²) in [5.41, 5.74) is 13.1. The second kappa shape index (κ2) is 7.29. The average molecular weight is 413 g/mol. The summed E-state index contributed by atoms with van der Waals surface area (Å²) in [6.07, 6.45) is 0. The number of carbonyl (C=O) groups is 1. The van der Waals surface area contributed by atoms with E-state index in [0.29, 0.717) is 37.7 Å². The minimum atomic E-state index is -0.277. The van der Waals surface area contributed by atoms with Crippen molar-refractivity contribution in [1.29, 1.82) is 0 Å². The number of anilines is 3. The summed E-state index contributed by atoms with van der Waals surface area (Å²) in [7, 11) is 0. The van der Waals surface area contributed by atoms with Gasteiger partial charge in [0.1, 0.15) is 10.7 Å². The number of nitrogens with zero attached hydrogens (tertiary/aromatic N) is 3. The molecule has 0 spiro atoms. The van der Waals surface area contributed by atoms with Crippen molar-refractivity contribution in [1.82, 2.24) is 15.1 Å². The number of nitrogens with one attached hydrogen (secondary N) is 1. The lowest BCUT2D eigenvalue weighted by atomic mass is 10.1. The lowest BCUT2D eigenvalue weighted by Crippen LogP contribution is -2.11. The van der Waals surface area contributed by atoms with Crippen LogP contribution in [0.1, 0.15) is 10.4 Å². The van der Waals surface area contributed by atoms with E-state index in [0.717, 1.165) is 11.3 Å². The number of carbonyl (C=O) groups excluding carboxylic acids is 1. The fraction of sp³-hybridized carbons (Fsp3) is 0. The number of nitrogen functional groups attached to an aromatic ring is 2. The predicted octanol–water partition coefficient (Wildman–Crippen LogP) is 3.93. The third kappa shape index (κ3) is 3.66. The minimum Gasteiger partial charge on any atom is -0.382 e. The van der Waals surface area contributed by atoms with Crippen molar-refractivity contribution < 1.29 is 9.32 Å². The number of hydrogen-bond donors (Lipinski definition) is 3. The third-order valence-electron chi connectivity index (χ3n) is 3.76. The molecule has 0 bridgehead atoms. The highest BCUT2D eigenvalue weighted by molar-refractivity contribution is 7.19. The molecule has 8 nitrogen and oxygen atoms in total. The number of amides is 1. The van der Waals surface area contributed by atoms with Gasteiger partial charge in [-0.2, -0.15) is 4.98 Å². The molecule has 2 heterocycles. The zero-order valence-corrected chi connectivity index (χ0v) is 15.8. The molecule has 5 N–H and O–H groups in total. The molecule has 0 aliphatic carbocycles. The molecule has 2 aromatic heterocycles. The first kappa shape index (κ1) is 18.0. The van der Waals surface area contributed by atoms with E-state index in [1.54, 1.807) is 48.5 Å². The van der Waals surface area contributed by atoms with Crippen LogP contribution >= 0.6 is 22.9 Å². The summed E-state index contributed by atoms with van der Waals surface area (Å²) in [5, 5.41) is 7.59. The van der Waals surface area contributed by atoms with Gasteiger partial charge in [-0.3, -0.25) is 4.79 Å². The zero-order chi connectivity index (χ0) is 19.7. The first-order valence-corrected chi connectivity index (χ1v) is 9.22. The van der Waals surface area contributed by atoms with Crippen LogP contribution in [0.3, 0.4) is 0 Å². The smallest absolute Gasteiger partial charge is 0.272 e. The first-order chi connectivity index (χ1) is 13.5. The van der Waals surface area contributed by atoms with Crippen molar-refractivity contribution in [3.05, 3.63) is 59.1 Å². The lowest BCUT2D eigenvalue weighted by molar-refractivity contribution is 0.102. The molecule has 4 rings (SSSR count). The molecule has 0 unspecified atom stereocenters. The van der Waals surface area contributed by atoms with E-state index < -0.39 is 0 Å². The van der Waals surface area contributed by atoms with Crippen LogP contribution in [0.5, 0.6) is 0 Å². The molecule has 0 saturated heterocycles. The molecule has 1 amide bonds. The first-order valence-electron chi connectivity index (χ1n) is 8.03. The predicted molar refractivity (Wildman–Crippen MR) is 109 cm³/mol. The van der Waals surface area contributed by atoms with Gasteiger partial charge in [-0.1, -0.05) is 46.3 Å². The van der Waals surface area contributed by atoms with Gasteiger partial charge < -0.3 is 21.3 Å². The number of hydrogen-bond acceptors (Lipinski definition) is 8. The number of thiazole rings is 1.